The minimum absolute atomic E-state index is 0.289. The van der Waals surface area contributed by atoms with Crippen LogP contribution in [-0.2, 0) is 0 Å². The average molecular weight is 222 g/mol. The van der Waals surface area contributed by atoms with Crippen molar-refractivity contribution in [3.05, 3.63) is 29.3 Å². The molecule has 2 atom stereocenters. The number of aryl methyl sites for hydroxylation is 1. The molecule has 0 saturated carbocycles. The lowest BCUT2D eigenvalue weighted by molar-refractivity contribution is 0.112. The van der Waals surface area contributed by atoms with Gasteiger partial charge >= 0.3 is 0 Å². The summed E-state index contributed by atoms with van der Waals surface area (Å²) in [6.07, 6.45) is 1.74. The summed E-state index contributed by atoms with van der Waals surface area (Å²) < 4.78 is 5.26. The molecule has 0 radical (unpaired) electrons. The minimum Gasteiger partial charge on any atom is -0.496 e. The fourth-order valence-electron chi connectivity index (χ4n) is 1.96. The van der Waals surface area contributed by atoms with Crippen molar-refractivity contribution in [1.82, 2.24) is 0 Å². The van der Waals surface area contributed by atoms with Gasteiger partial charge in [-0.2, -0.15) is 0 Å². The Morgan fingerprint density at radius 1 is 1.38 bits per heavy atom. The zero-order valence-electron chi connectivity index (χ0n) is 10.7. The van der Waals surface area contributed by atoms with Crippen LogP contribution in [0.3, 0.4) is 0 Å². The van der Waals surface area contributed by atoms with E-state index in [1.807, 2.05) is 25.1 Å². The molecule has 0 heterocycles. The third-order valence-electron chi connectivity index (χ3n) is 3.06. The largest absolute Gasteiger partial charge is 0.496 e. The van der Waals surface area contributed by atoms with Gasteiger partial charge in [-0.15, -0.1) is 0 Å². The van der Waals surface area contributed by atoms with Crippen LogP contribution in [0.5, 0.6) is 5.75 Å². The van der Waals surface area contributed by atoms with Gasteiger partial charge in [0.05, 0.1) is 13.2 Å². The molecule has 0 aliphatic carbocycles. The maximum Gasteiger partial charge on any atom is 0.122 e. The monoisotopic (exact) mass is 222 g/mol. The van der Waals surface area contributed by atoms with Crippen molar-refractivity contribution >= 4 is 0 Å². The average Bonchev–Trinajstić information content (AvgIpc) is 2.29. The highest BCUT2D eigenvalue weighted by Crippen LogP contribution is 2.29. The number of aliphatic hydroxyl groups is 1. The second-order valence-electron chi connectivity index (χ2n) is 4.44. The lowest BCUT2D eigenvalue weighted by Gasteiger charge is -2.19. The third-order valence-corrected chi connectivity index (χ3v) is 3.06. The quantitative estimate of drug-likeness (QED) is 0.826. The number of hydrogen-bond donors (Lipinski definition) is 1. The van der Waals surface area contributed by atoms with E-state index in [-0.39, 0.29) is 5.92 Å². The predicted molar refractivity (Wildman–Crippen MR) is 66.8 cm³/mol. The van der Waals surface area contributed by atoms with E-state index in [1.54, 1.807) is 7.11 Å². The molecule has 0 amide bonds. The molecule has 0 bridgehead atoms. The zero-order valence-corrected chi connectivity index (χ0v) is 10.7. The van der Waals surface area contributed by atoms with Gasteiger partial charge in [-0.1, -0.05) is 32.4 Å². The number of ether oxygens (including phenoxy) is 1. The maximum absolute atomic E-state index is 10.2. The first-order valence-electron chi connectivity index (χ1n) is 5.92. The Morgan fingerprint density at radius 3 is 2.62 bits per heavy atom. The van der Waals surface area contributed by atoms with E-state index < -0.39 is 6.10 Å². The van der Waals surface area contributed by atoms with Crippen molar-refractivity contribution in [3.63, 3.8) is 0 Å². The Balaban J connectivity index is 2.87. The SMILES string of the molecule is CCCC(C)C(O)c1ccc(C)c(OC)c1. The molecule has 0 spiro atoms. The summed E-state index contributed by atoms with van der Waals surface area (Å²) in [4.78, 5) is 0. The van der Waals surface area contributed by atoms with Crippen LogP contribution >= 0.6 is 0 Å². The second-order valence-corrected chi connectivity index (χ2v) is 4.44. The number of aliphatic hydroxyl groups excluding tert-OH is 1. The topological polar surface area (TPSA) is 29.5 Å². The van der Waals surface area contributed by atoms with Gasteiger partial charge in [-0.05, 0) is 36.5 Å². The fourth-order valence-corrected chi connectivity index (χ4v) is 1.96. The van der Waals surface area contributed by atoms with Crippen LogP contribution in [0.15, 0.2) is 18.2 Å². The molecule has 2 nitrogen and oxygen atoms in total. The highest BCUT2D eigenvalue weighted by Gasteiger charge is 2.16. The predicted octanol–water partition coefficient (Wildman–Crippen LogP) is 3.47. The summed E-state index contributed by atoms with van der Waals surface area (Å²) in [5.74, 6) is 1.14. The standard InChI is InChI=1S/C14H22O2/c1-5-6-11(3)14(15)12-8-7-10(2)13(9-12)16-4/h7-9,11,14-15H,5-6H2,1-4H3. The highest BCUT2D eigenvalue weighted by molar-refractivity contribution is 5.37. The molecule has 2 unspecified atom stereocenters. The first kappa shape index (κ1) is 13.0. The Kier molecular flexibility index (Phi) is 4.81. The van der Waals surface area contributed by atoms with Gasteiger partial charge in [0, 0.05) is 0 Å². The molecule has 0 aliphatic rings. The zero-order chi connectivity index (χ0) is 12.1. The van der Waals surface area contributed by atoms with E-state index in [4.69, 9.17) is 4.74 Å². The van der Waals surface area contributed by atoms with Crippen LogP contribution in [0.2, 0.25) is 0 Å². The van der Waals surface area contributed by atoms with Crippen LogP contribution in [0.25, 0.3) is 0 Å². The normalized spacial score (nSPS) is 14.6. The highest BCUT2D eigenvalue weighted by atomic mass is 16.5. The van der Waals surface area contributed by atoms with Gasteiger partial charge in [-0.3, -0.25) is 0 Å². The Labute approximate surface area is 98.3 Å². The van der Waals surface area contributed by atoms with E-state index in [0.29, 0.717) is 0 Å². The van der Waals surface area contributed by atoms with Crippen LogP contribution in [0, 0.1) is 12.8 Å². The summed E-state index contributed by atoms with van der Waals surface area (Å²) in [5, 5.41) is 10.2. The van der Waals surface area contributed by atoms with Crippen LogP contribution < -0.4 is 4.74 Å². The third kappa shape index (κ3) is 2.99. The number of benzene rings is 1. The molecular formula is C14H22O2. The molecule has 1 aromatic carbocycles. The van der Waals surface area contributed by atoms with Gasteiger partial charge in [0.15, 0.2) is 0 Å². The molecule has 0 aliphatic heterocycles. The van der Waals surface area contributed by atoms with Crippen molar-refractivity contribution < 1.29 is 9.84 Å². The first-order chi connectivity index (χ1) is 7.60. The van der Waals surface area contributed by atoms with E-state index in [1.165, 1.54) is 0 Å². The molecule has 1 rings (SSSR count). The summed E-state index contributed by atoms with van der Waals surface area (Å²) in [7, 11) is 1.66. The molecular weight excluding hydrogens is 200 g/mol. The molecule has 0 fully saturated rings. The first-order valence-corrected chi connectivity index (χ1v) is 5.92. The van der Waals surface area contributed by atoms with Crippen molar-refractivity contribution in [1.29, 1.82) is 0 Å². The van der Waals surface area contributed by atoms with E-state index in [0.717, 1.165) is 29.7 Å². The number of methoxy groups -OCH3 is 1. The van der Waals surface area contributed by atoms with Gasteiger partial charge in [0.2, 0.25) is 0 Å². The van der Waals surface area contributed by atoms with Gasteiger partial charge in [0.1, 0.15) is 5.75 Å². The Bertz CT molecular complexity index is 334. The van der Waals surface area contributed by atoms with Crippen LogP contribution in [0.4, 0.5) is 0 Å². The maximum atomic E-state index is 10.2. The lowest BCUT2D eigenvalue weighted by atomic mass is 9.93. The summed E-state index contributed by atoms with van der Waals surface area (Å²) in [5.41, 5.74) is 2.05. The molecule has 0 aromatic heterocycles. The fraction of sp³-hybridized carbons (Fsp3) is 0.571. The van der Waals surface area contributed by atoms with Gasteiger partial charge in [0.25, 0.3) is 0 Å². The van der Waals surface area contributed by atoms with Gasteiger partial charge < -0.3 is 9.84 Å². The van der Waals surface area contributed by atoms with E-state index in [2.05, 4.69) is 13.8 Å². The summed E-state index contributed by atoms with van der Waals surface area (Å²) >= 11 is 0. The molecule has 0 saturated heterocycles. The molecule has 16 heavy (non-hydrogen) atoms. The summed E-state index contributed by atoms with van der Waals surface area (Å²) in [6.45, 7) is 6.23. The Hall–Kier alpha value is -1.02. The smallest absolute Gasteiger partial charge is 0.122 e. The Morgan fingerprint density at radius 2 is 2.06 bits per heavy atom. The number of hydrogen-bond acceptors (Lipinski definition) is 2. The molecule has 1 N–H and O–H groups in total. The van der Waals surface area contributed by atoms with Crippen LogP contribution in [-0.4, -0.2) is 12.2 Å². The van der Waals surface area contributed by atoms with Crippen molar-refractivity contribution in [2.45, 2.75) is 39.7 Å². The number of rotatable bonds is 5. The van der Waals surface area contributed by atoms with Gasteiger partial charge in [-0.25, -0.2) is 0 Å². The lowest BCUT2D eigenvalue weighted by Crippen LogP contribution is -2.09. The summed E-state index contributed by atoms with van der Waals surface area (Å²) in [6, 6.07) is 5.91. The molecule has 1 aromatic rings. The van der Waals surface area contributed by atoms with Crippen molar-refractivity contribution in [3.8, 4) is 5.75 Å². The van der Waals surface area contributed by atoms with Crippen molar-refractivity contribution in [2.75, 3.05) is 7.11 Å². The second kappa shape index (κ2) is 5.90. The van der Waals surface area contributed by atoms with E-state index >= 15 is 0 Å². The minimum atomic E-state index is -0.394. The molecule has 2 heteroatoms. The van der Waals surface area contributed by atoms with Crippen molar-refractivity contribution in [2.24, 2.45) is 5.92 Å². The van der Waals surface area contributed by atoms with Crippen LogP contribution in [0.1, 0.15) is 43.9 Å². The van der Waals surface area contributed by atoms with E-state index in [9.17, 15) is 5.11 Å². The molecule has 90 valence electrons.